The molecule has 0 aliphatic carbocycles. The van der Waals surface area contributed by atoms with Gasteiger partial charge in [0.1, 0.15) is 0 Å². The fourth-order valence-electron chi connectivity index (χ4n) is 2.78. The average molecular weight is 260 g/mol. The van der Waals surface area contributed by atoms with Gasteiger partial charge in [0.25, 0.3) is 0 Å². The van der Waals surface area contributed by atoms with Crippen LogP contribution >= 0.6 is 0 Å². The summed E-state index contributed by atoms with van der Waals surface area (Å²) in [5, 5.41) is 3.41. The van der Waals surface area contributed by atoms with Gasteiger partial charge in [-0.3, -0.25) is 4.90 Å². The van der Waals surface area contributed by atoms with Gasteiger partial charge in [-0.25, -0.2) is 8.42 Å². The minimum atomic E-state index is -2.74. The van der Waals surface area contributed by atoms with Crippen LogP contribution < -0.4 is 5.32 Å². The third-order valence-corrected chi connectivity index (χ3v) is 5.72. The number of sulfone groups is 1. The van der Waals surface area contributed by atoms with Gasteiger partial charge in [0.05, 0.1) is 11.5 Å². The summed E-state index contributed by atoms with van der Waals surface area (Å²) in [6, 6.07) is 0.714. The number of nitrogens with one attached hydrogen (secondary N) is 1. The van der Waals surface area contributed by atoms with Gasteiger partial charge in [-0.05, 0) is 39.3 Å². The summed E-state index contributed by atoms with van der Waals surface area (Å²) < 4.78 is 22.7. The molecule has 2 saturated heterocycles. The fraction of sp³-hybridized carbons (Fsp3) is 1.00. The zero-order valence-corrected chi connectivity index (χ0v) is 11.5. The number of hydrogen-bond acceptors (Lipinski definition) is 4. The summed E-state index contributed by atoms with van der Waals surface area (Å²) in [7, 11) is -2.74. The summed E-state index contributed by atoms with van der Waals surface area (Å²) in [4.78, 5) is 2.51. The van der Waals surface area contributed by atoms with Gasteiger partial charge in [0.15, 0.2) is 9.84 Å². The van der Waals surface area contributed by atoms with Gasteiger partial charge in [-0.1, -0.05) is 6.42 Å². The zero-order valence-electron chi connectivity index (χ0n) is 10.7. The van der Waals surface area contributed by atoms with Crippen molar-refractivity contribution in [3.8, 4) is 0 Å². The smallest absolute Gasteiger partial charge is 0.151 e. The summed E-state index contributed by atoms with van der Waals surface area (Å²) in [6.07, 6.45) is 4.76. The molecule has 1 N–H and O–H groups in total. The Hall–Kier alpha value is -0.130. The Bertz CT molecular complexity index is 336. The Morgan fingerprint density at radius 2 is 2.00 bits per heavy atom. The van der Waals surface area contributed by atoms with Crippen LogP contribution in [0.15, 0.2) is 0 Å². The first kappa shape index (κ1) is 13.3. The molecule has 100 valence electrons. The Labute approximate surface area is 105 Å². The molecule has 0 aromatic rings. The first-order valence-electron chi connectivity index (χ1n) is 6.75. The Balaban J connectivity index is 1.71. The van der Waals surface area contributed by atoms with Crippen LogP contribution in [0.5, 0.6) is 0 Å². The second kappa shape index (κ2) is 5.67. The van der Waals surface area contributed by atoms with Crippen LogP contribution in [0.3, 0.4) is 0 Å². The van der Waals surface area contributed by atoms with Gasteiger partial charge in [0, 0.05) is 18.6 Å². The highest BCUT2D eigenvalue weighted by atomic mass is 32.2. The van der Waals surface area contributed by atoms with Crippen molar-refractivity contribution < 1.29 is 8.42 Å². The third-order valence-electron chi connectivity index (χ3n) is 3.95. The van der Waals surface area contributed by atoms with Crippen molar-refractivity contribution in [2.75, 3.05) is 31.1 Å². The molecule has 0 spiro atoms. The van der Waals surface area contributed by atoms with Crippen LogP contribution in [0.2, 0.25) is 0 Å². The quantitative estimate of drug-likeness (QED) is 0.806. The highest BCUT2D eigenvalue weighted by molar-refractivity contribution is 7.91. The SMILES string of the molecule is CC(CNC1CCS(=O)(=O)C1)N1CCCCC1. The number of rotatable bonds is 4. The molecule has 17 heavy (non-hydrogen) atoms. The monoisotopic (exact) mass is 260 g/mol. The van der Waals surface area contributed by atoms with Crippen molar-refractivity contribution in [2.45, 2.75) is 44.7 Å². The minimum absolute atomic E-state index is 0.187. The predicted molar refractivity (Wildman–Crippen MR) is 69.9 cm³/mol. The van der Waals surface area contributed by atoms with Crippen molar-refractivity contribution in [1.29, 1.82) is 0 Å². The molecule has 2 aliphatic heterocycles. The van der Waals surface area contributed by atoms with E-state index in [1.165, 1.54) is 32.4 Å². The summed E-state index contributed by atoms with van der Waals surface area (Å²) in [5.74, 6) is 0.697. The van der Waals surface area contributed by atoms with E-state index in [9.17, 15) is 8.42 Å². The molecule has 4 nitrogen and oxygen atoms in total. The summed E-state index contributed by atoms with van der Waals surface area (Å²) >= 11 is 0. The molecular formula is C12H24N2O2S. The van der Waals surface area contributed by atoms with E-state index in [1.807, 2.05) is 0 Å². The van der Waals surface area contributed by atoms with Crippen LogP contribution in [0.25, 0.3) is 0 Å². The normalized spacial score (nSPS) is 31.5. The Kier molecular flexibility index (Phi) is 4.44. The summed E-state index contributed by atoms with van der Waals surface area (Å²) in [6.45, 7) is 5.56. The van der Waals surface area contributed by atoms with Gasteiger partial charge in [-0.15, -0.1) is 0 Å². The van der Waals surface area contributed by atoms with Crippen molar-refractivity contribution in [2.24, 2.45) is 0 Å². The van der Waals surface area contributed by atoms with E-state index in [4.69, 9.17) is 0 Å². The largest absolute Gasteiger partial charge is 0.311 e. The zero-order chi connectivity index (χ0) is 12.3. The van der Waals surface area contributed by atoms with Gasteiger partial charge >= 0.3 is 0 Å². The molecule has 2 aliphatic rings. The van der Waals surface area contributed by atoms with E-state index in [0.29, 0.717) is 17.5 Å². The van der Waals surface area contributed by atoms with Crippen LogP contribution in [-0.4, -0.2) is 56.5 Å². The number of likely N-dealkylation sites (tertiary alicyclic amines) is 1. The first-order valence-corrected chi connectivity index (χ1v) is 8.57. The third kappa shape index (κ3) is 3.93. The van der Waals surface area contributed by atoms with Crippen molar-refractivity contribution in [3.63, 3.8) is 0 Å². The summed E-state index contributed by atoms with van der Waals surface area (Å²) in [5.41, 5.74) is 0. The lowest BCUT2D eigenvalue weighted by atomic mass is 10.1. The minimum Gasteiger partial charge on any atom is -0.311 e. The molecule has 0 bridgehead atoms. The van der Waals surface area contributed by atoms with Crippen molar-refractivity contribution in [3.05, 3.63) is 0 Å². The number of nitrogens with zero attached hydrogens (tertiary/aromatic N) is 1. The molecule has 0 saturated carbocycles. The molecular weight excluding hydrogens is 236 g/mol. The Morgan fingerprint density at radius 3 is 2.59 bits per heavy atom. The molecule has 0 aromatic carbocycles. The number of hydrogen-bond donors (Lipinski definition) is 1. The van der Waals surface area contributed by atoms with E-state index < -0.39 is 9.84 Å². The molecule has 5 heteroatoms. The molecule has 0 radical (unpaired) electrons. The van der Waals surface area contributed by atoms with Crippen LogP contribution in [0, 0.1) is 0 Å². The highest BCUT2D eigenvalue weighted by Gasteiger charge is 2.28. The number of piperidine rings is 1. The van der Waals surface area contributed by atoms with Gasteiger partial charge < -0.3 is 5.32 Å². The van der Waals surface area contributed by atoms with E-state index in [2.05, 4.69) is 17.1 Å². The van der Waals surface area contributed by atoms with Crippen molar-refractivity contribution in [1.82, 2.24) is 10.2 Å². The first-order chi connectivity index (χ1) is 8.07. The van der Waals surface area contributed by atoms with Gasteiger partial charge in [0.2, 0.25) is 0 Å². The molecule has 2 rings (SSSR count). The second-order valence-electron chi connectivity index (χ2n) is 5.45. The molecule has 2 heterocycles. The van der Waals surface area contributed by atoms with Gasteiger partial charge in [-0.2, -0.15) is 0 Å². The fourth-order valence-corrected chi connectivity index (χ4v) is 4.49. The van der Waals surface area contributed by atoms with E-state index in [-0.39, 0.29) is 6.04 Å². The maximum atomic E-state index is 11.3. The molecule has 2 atom stereocenters. The lowest BCUT2D eigenvalue weighted by molar-refractivity contribution is 0.168. The van der Waals surface area contributed by atoms with E-state index in [0.717, 1.165) is 13.0 Å². The lowest BCUT2D eigenvalue weighted by Gasteiger charge is -2.33. The van der Waals surface area contributed by atoms with E-state index in [1.54, 1.807) is 0 Å². The van der Waals surface area contributed by atoms with Crippen molar-refractivity contribution >= 4 is 9.84 Å². The lowest BCUT2D eigenvalue weighted by Crippen LogP contribution is -2.45. The maximum Gasteiger partial charge on any atom is 0.151 e. The molecule has 2 unspecified atom stereocenters. The Morgan fingerprint density at radius 1 is 1.29 bits per heavy atom. The standard InChI is InChI=1S/C12H24N2O2S/c1-11(14-6-3-2-4-7-14)9-13-12-5-8-17(15,16)10-12/h11-13H,2-10H2,1H3. The predicted octanol–water partition coefficient (Wildman–Crippen LogP) is 0.638. The maximum absolute atomic E-state index is 11.3. The molecule has 0 aromatic heterocycles. The second-order valence-corrected chi connectivity index (χ2v) is 7.68. The highest BCUT2D eigenvalue weighted by Crippen LogP contribution is 2.14. The molecule has 2 fully saturated rings. The van der Waals surface area contributed by atoms with Crippen LogP contribution in [-0.2, 0) is 9.84 Å². The van der Waals surface area contributed by atoms with Crippen LogP contribution in [0.1, 0.15) is 32.6 Å². The van der Waals surface area contributed by atoms with Crippen LogP contribution in [0.4, 0.5) is 0 Å². The van der Waals surface area contributed by atoms with E-state index >= 15 is 0 Å². The topological polar surface area (TPSA) is 49.4 Å². The average Bonchev–Trinajstić information content (AvgIpc) is 2.67. The molecule has 0 amide bonds.